The minimum absolute atomic E-state index is 0.239. The fraction of sp³-hybridized carbons (Fsp3) is 0.385. The fourth-order valence-electron chi connectivity index (χ4n) is 1.91. The van der Waals surface area contributed by atoms with Crippen molar-refractivity contribution < 1.29 is 9.53 Å². The molecule has 19 heavy (non-hydrogen) atoms. The van der Waals surface area contributed by atoms with E-state index in [4.69, 9.17) is 10.00 Å². The quantitative estimate of drug-likeness (QED) is 0.804. The van der Waals surface area contributed by atoms with Crippen LogP contribution in [0.1, 0.15) is 33.7 Å². The molecular weight excluding hydrogens is 262 g/mol. The number of hydrogen-bond donors (Lipinski definition) is 0. The predicted molar refractivity (Wildman–Crippen MR) is 72.2 cm³/mol. The Bertz CT molecular complexity index is 685. The predicted octanol–water partition coefficient (Wildman–Crippen LogP) is 2.55. The van der Waals surface area contributed by atoms with Gasteiger partial charge in [0.2, 0.25) is 0 Å². The van der Waals surface area contributed by atoms with Crippen molar-refractivity contribution in [2.45, 2.75) is 27.2 Å². The van der Waals surface area contributed by atoms with Gasteiger partial charge >= 0.3 is 5.97 Å². The maximum Gasteiger partial charge on any atom is 0.349 e. The van der Waals surface area contributed by atoms with E-state index in [-0.39, 0.29) is 6.61 Å². The van der Waals surface area contributed by atoms with Gasteiger partial charge in [-0.25, -0.2) is 14.8 Å². The molecule has 2 rings (SSSR count). The van der Waals surface area contributed by atoms with Gasteiger partial charge in [0.15, 0.2) is 6.61 Å². The Hall–Kier alpha value is -2.00. The highest BCUT2D eigenvalue weighted by molar-refractivity contribution is 7.20. The van der Waals surface area contributed by atoms with Gasteiger partial charge in [0, 0.05) is 17.5 Å². The van der Waals surface area contributed by atoms with Gasteiger partial charge in [-0.1, -0.05) is 6.92 Å². The standard InChI is InChI=1S/C13H13N3O2S/c1-4-9-15-8(3)10-7(2)11(19-12(10)16-9)13(17)18-6-5-14/h4,6H2,1-3H3. The first-order valence-electron chi connectivity index (χ1n) is 5.89. The zero-order valence-corrected chi connectivity index (χ0v) is 11.8. The summed E-state index contributed by atoms with van der Waals surface area (Å²) in [6.45, 7) is 5.51. The molecule has 2 aromatic rings. The normalized spacial score (nSPS) is 10.4. The van der Waals surface area contributed by atoms with Crippen LogP contribution in [-0.2, 0) is 11.2 Å². The molecule has 0 saturated carbocycles. The van der Waals surface area contributed by atoms with Crippen LogP contribution in [-0.4, -0.2) is 22.5 Å². The number of fused-ring (bicyclic) bond motifs is 1. The number of thiophene rings is 1. The van der Waals surface area contributed by atoms with Crippen LogP contribution in [0, 0.1) is 25.2 Å². The van der Waals surface area contributed by atoms with Crippen LogP contribution in [0.2, 0.25) is 0 Å². The van der Waals surface area contributed by atoms with Crippen molar-refractivity contribution in [3.63, 3.8) is 0 Å². The Morgan fingerprint density at radius 1 is 1.42 bits per heavy atom. The SMILES string of the molecule is CCc1nc(C)c2c(C)c(C(=O)OCC#N)sc2n1. The lowest BCUT2D eigenvalue weighted by atomic mass is 10.1. The molecule has 0 spiro atoms. The molecule has 5 nitrogen and oxygen atoms in total. The molecule has 0 atom stereocenters. The number of aryl methyl sites for hydroxylation is 3. The van der Waals surface area contributed by atoms with Crippen LogP contribution in [0.25, 0.3) is 10.2 Å². The van der Waals surface area contributed by atoms with E-state index in [1.807, 2.05) is 20.8 Å². The van der Waals surface area contributed by atoms with Crippen LogP contribution in [0.5, 0.6) is 0 Å². The van der Waals surface area contributed by atoms with Crippen LogP contribution in [0.15, 0.2) is 0 Å². The van der Waals surface area contributed by atoms with Crippen molar-refractivity contribution in [2.75, 3.05) is 6.61 Å². The molecule has 0 unspecified atom stereocenters. The first-order valence-corrected chi connectivity index (χ1v) is 6.70. The van der Waals surface area contributed by atoms with Crippen molar-refractivity contribution in [3.05, 3.63) is 22.0 Å². The molecule has 0 aliphatic carbocycles. The third-order valence-corrected chi connectivity index (χ3v) is 3.95. The summed E-state index contributed by atoms with van der Waals surface area (Å²) in [6.07, 6.45) is 0.752. The van der Waals surface area contributed by atoms with E-state index in [0.717, 1.165) is 33.7 Å². The number of rotatable bonds is 3. The number of hydrogen-bond acceptors (Lipinski definition) is 6. The van der Waals surface area contributed by atoms with E-state index in [9.17, 15) is 4.79 Å². The van der Waals surface area contributed by atoms with Crippen molar-refractivity contribution in [3.8, 4) is 6.07 Å². The summed E-state index contributed by atoms with van der Waals surface area (Å²) in [5, 5.41) is 9.35. The highest BCUT2D eigenvalue weighted by atomic mass is 32.1. The number of carbonyl (C=O) groups excluding carboxylic acids is 1. The van der Waals surface area contributed by atoms with Crippen LogP contribution >= 0.6 is 11.3 Å². The zero-order valence-electron chi connectivity index (χ0n) is 11.0. The van der Waals surface area contributed by atoms with E-state index in [1.165, 1.54) is 11.3 Å². The highest BCUT2D eigenvalue weighted by Gasteiger charge is 2.19. The number of aromatic nitrogens is 2. The topological polar surface area (TPSA) is 75.9 Å². The van der Waals surface area contributed by atoms with E-state index >= 15 is 0 Å². The maximum absolute atomic E-state index is 11.8. The largest absolute Gasteiger partial charge is 0.446 e. The van der Waals surface area contributed by atoms with Gasteiger partial charge in [-0.2, -0.15) is 5.26 Å². The van der Waals surface area contributed by atoms with Crippen molar-refractivity contribution >= 4 is 27.5 Å². The number of carbonyl (C=O) groups is 1. The molecule has 0 aromatic carbocycles. The number of nitrogens with zero attached hydrogens (tertiary/aromatic N) is 3. The third-order valence-electron chi connectivity index (χ3n) is 2.79. The Morgan fingerprint density at radius 3 is 2.79 bits per heavy atom. The summed E-state index contributed by atoms with van der Waals surface area (Å²) in [4.78, 5) is 22.0. The van der Waals surface area contributed by atoms with Crippen molar-refractivity contribution in [2.24, 2.45) is 0 Å². The second-order valence-electron chi connectivity index (χ2n) is 4.05. The molecule has 0 amide bonds. The minimum Gasteiger partial charge on any atom is -0.446 e. The van der Waals surface area contributed by atoms with Gasteiger partial charge in [-0.15, -0.1) is 11.3 Å². The molecule has 0 saturated heterocycles. The Labute approximate surface area is 114 Å². The van der Waals surface area contributed by atoms with E-state index < -0.39 is 5.97 Å². The molecule has 2 aromatic heterocycles. The molecular formula is C13H13N3O2S. The lowest BCUT2D eigenvalue weighted by Gasteiger charge is -2.01. The average molecular weight is 275 g/mol. The number of ether oxygens (including phenoxy) is 1. The summed E-state index contributed by atoms with van der Waals surface area (Å²) in [5.41, 5.74) is 1.69. The highest BCUT2D eigenvalue weighted by Crippen LogP contribution is 2.31. The number of nitriles is 1. The smallest absolute Gasteiger partial charge is 0.349 e. The lowest BCUT2D eigenvalue weighted by molar-refractivity contribution is 0.0560. The van der Waals surface area contributed by atoms with Gasteiger partial charge in [0.05, 0.1) is 0 Å². The molecule has 0 aliphatic rings. The van der Waals surface area contributed by atoms with Crippen molar-refractivity contribution in [1.29, 1.82) is 5.26 Å². The van der Waals surface area contributed by atoms with Gasteiger partial charge in [0.25, 0.3) is 0 Å². The Kier molecular flexibility index (Phi) is 3.76. The van der Waals surface area contributed by atoms with Gasteiger partial charge < -0.3 is 4.74 Å². The van der Waals surface area contributed by atoms with E-state index in [1.54, 1.807) is 6.07 Å². The molecule has 6 heteroatoms. The third kappa shape index (κ3) is 2.42. The minimum atomic E-state index is -0.473. The fourth-order valence-corrected chi connectivity index (χ4v) is 3.06. The Balaban J connectivity index is 2.54. The van der Waals surface area contributed by atoms with E-state index in [0.29, 0.717) is 4.88 Å². The van der Waals surface area contributed by atoms with E-state index in [2.05, 4.69) is 9.97 Å². The molecule has 0 bridgehead atoms. The summed E-state index contributed by atoms with van der Waals surface area (Å²) in [5.74, 6) is 0.294. The monoisotopic (exact) mass is 275 g/mol. The summed E-state index contributed by atoms with van der Waals surface area (Å²) in [7, 11) is 0. The second kappa shape index (κ2) is 5.33. The van der Waals surface area contributed by atoms with Gasteiger partial charge in [0.1, 0.15) is 21.6 Å². The van der Waals surface area contributed by atoms with Crippen LogP contribution in [0.4, 0.5) is 0 Å². The molecule has 2 heterocycles. The lowest BCUT2D eigenvalue weighted by Crippen LogP contribution is -2.04. The molecule has 0 aliphatic heterocycles. The summed E-state index contributed by atoms with van der Waals surface area (Å²) >= 11 is 1.29. The maximum atomic E-state index is 11.8. The van der Waals surface area contributed by atoms with Crippen molar-refractivity contribution in [1.82, 2.24) is 9.97 Å². The van der Waals surface area contributed by atoms with Gasteiger partial charge in [-0.05, 0) is 19.4 Å². The summed E-state index contributed by atoms with van der Waals surface area (Å²) < 4.78 is 4.85. The molecule has 0 radical (unpaired) electrons. The molecule has 98 valence electrons. The Morgan fingerprint density at radius 2 is 2.16 bits per heavy atom. The average Bonchev–Trinajstić information content (AvgIpc) is 2.73. The van der Waals surface area contributed by atoms with Crippen LogP contribution < -0.4 is 0 Å². The molecule has 0 fully saturated rings. The first kappa shape index (κ1) is 13.4. The zero-order chi connectivity index (χ0) is 14.0. The van der Waals surface area contributed by atoms with Gasteiger partial charge in [-0.3, -0.25) is 0 Å². The second-order valence-corrected chi connectivity index (χ2v) is 5.05. The summed E-state index contributed by atoms with van der Waals surface area (Å²) in [6, 6.07) is 1.78. The first-order chi connectivity index (χ1) is 9.08. The number of esters is 1. The van der Waals surface area contributed by atoms with Crippen LogP contribution in [0.3, 0.4) is 0 Å². The molecule has 0 N–H and O–H groups in total.